The van der Waals surface area contributed by atoms with Crippen molar-refractivity contribution in [2.24, 2.45) is 0 Å². The molecule has 90 valence electrons. The Kier molecular flexibility index (Phi) is 3.49. The van der Waals surface area contributed by atoms with Crippen LogP contribution in [0.2, 0.25) is 4.34 Å². The van der Waals surface area contributed by atoms with E-state index in [0.717, 1.165) is 9.21 Å². The Labute approximate surface area is 108 Å². The fourth-order valence-corrected chi connectivity index (χ4v) is 2.57. The topological polar surface area (TPSA) is 57.8 Å². The lowest BCUT2D eigenvalue weighted by molar-refractivity contribution is 0.883. The molecule has 17 heavy (non-hydrogen) atoms. The number of thiophene rings is 1. The molecule has 0 aliphatic carbocycles. The number of aromatic nitrogens is 2. The Morgan fingerprint density at radius 3 is 2.88 bits per heavy atom. The van der Waals surface area contributed by atoms with Gasteiger partial charge in [-0.05, 0) is 26.0 Å². The van der Waals surface area contributed by atoms with Crippen LogP contribution in [0.5, 0.6) is 0 Å². The molecule has 0 amide bonds. The van der Waals surface area contributed by atoms with E-state index in [1.807, 2.05) is 19.1 Å². The van der Waals surface area contributed by atoms with Gasteiger partial charge in [0.05, 0.1) is 10.4 Å². The number of hydrogen-bond donors (Lipinski definition) is 2. The van der Waals surface area contributed by atoms with E-state index >= 15 is 0 Å². The van der Waals surface area contributed by atoms with Gasteiger partial charge in [-0.25, -0.2) is 4.98 Å². The zero-order valence-electron chi connectivity index (χ0n) is 9.45. The molecule has 0 radical (unpaired) electrons. The molecule has 0 aliphatic heterocycles. The van der Waals surface area contributed by atoms with Gasteiger partial charge in [-0.15, -0.1) is 11.3 Å². The summed E-state index contributed by atoms with van der Waals surface area (Å²) in [5, 5.41) is 3.17. The van der Waals surface area contributed by atoms with Gasteiger partial charge in [0.25, 0.3) is 5.56 Å². The van der Waals surface area contributed by atoms with E-state index in [2.05, 4.69) is 15.3 Å². The summed E-state index contributed by atoms with van der Waals surface area (Å²) in [7, 11) is 0. The van der Waals surface area contributed by atoms with Gasteiger partial charge in [-0.2, -0.15) is 0 Å². The molecule has 0 spiro atoms. The van der Waals surface area contributed by atoms with Crippen molar-refractivity contribution in [1.29, 1.82) is 0 Å². The summed E-state index contributed by atoms with van der Waals surface area (Å²) in [5.41, 5.74) is -0.156. The van der Waals surface area contributed by atoms with E-state index < -0.39 is 0 Å². The molecule has 2 N–H and O–H groups in total. The van der Waals surface area contributed by atoms with Gasteiger partial charge in [0, 0.05) is 10.9 Å². The summed E-state index contributed by atoms with van der Waals surface area (Å²) >= 11 is 7.39. The lowest BCUT2D eigenvalue weighted by atomic mass is 10.3. The zero-order chi connectivity index (χ0) is 12.4. The lowest BCUT2D eigenvalue weighted by Crippen LogP contribution is -2.13. The summed E-state index contributed by atoms with van der Waals surface area (Å²) in [6, 6.07) is 5.33. The number of nitrogens with zero attached hydrogens (tertiary/aromatic N) is 1. The van der Waals surface area contributed by atoms with Gasteiger partial charge in [0.1, 0.15) is 11.6 Å². The predicted octanol–water partition coefficient (Wildman–Crippen LogP) is 2.97. The fourth-order valence-electron chi connectivity index (χ4n) is 1.51. The number of H-pyrrole nitrogens is 1. The summed E-state index contributed by atoms with van der Waals surface area (Å²) in [6.07, 6.45) is 0. The van der Waals surface area contributed by atoms with Gasteiger partial charge in [0.15, 0.2) is 0 Å². The van der Waals surface area contributed by atoms with Crippen molar-refractivity contribution in [3.05, 3.63) is 43.6 Å². The SMILES string of the molecule is Cc1nc(NC(C)c2ccc(Cl)s2)cc(=O)[nH]1. The molecule has 1 unspecified atom stereocenters. The van der Waals surface area contributed by atoms with Gasteiger partial charge >= 0.3 is 0 Å². The van der Waals surface area contributed by atoms with Crippen LogP contribution in [0, 0.1) is 6.92 Å². The maximum atomic E-state index is 11.3. The number of nitrogens with one attached hydrogen (secondary N) is 2. The molecule has 0 fully saturated rings. The zero-order valence-corrected chi connectivity index (χ0v) is 11.0. The molecule has 6 heteroatoms. The van der Waals surface area contributed by atoms with Crippen LogP contribution in [0.25, 0.3) is 0 Å². The lowest BCUT2D eigenvalue weighted by Gasteiger charge is -2.12. The first-order valence-electron chi connectivity index (χ1n) is 5.14. The van der Waals surface area contributed by atoms with Gasteiger partial charge in [-0.3, -0.25) is 4.79 Å². The van der Waals surface area contributed by atoms with E-state index in [1.54, 1.807) is 6.92 Å². The predicted molar refractivity (Wildman–Crippen MR) is 71.0 cm³/mol. The monoisotopic (exact) mass is 269 g/mol. The third-order valence-corrected chi connectivity index (χ3v) is 3.66. The van der Waals surface area contributed by atoms with E-state index in [-0.39, 0.29) is 11.6 Å². The molecule has 2 heterocycles. The molecule has 2 rings (SSSR count). The Morgan fingerprint density at radius 2 is 2.29 bits per heavy atom. The fraction of sp³-hybridized carbons (Fsp3) is 0.273. The van der Waals surface area contributed by atoms with Crippen molar-refractivity contribution in [2.75, 3.05) is 5.32 Å². The van der Waals surface area contributed by atoms with Crippen LogP contribution < -0.4 is 10.9 Å². The van der Waals surface area contributed by atoms with E-state index in [4.69, 9.17) is 11.6 Å². The molecule has 0 saturated carbocycles. The Balaban J connectivity index is 2.18. The highest BCUT2D eigenvalue weighted by atomic mass is 35.5. The second kappa shape index (κ2) is 4.89. The molecule has 0 aliphatic rings. The van der Waals surface area contributed by atoms with Crippen molar-refractivity contribution in [2.45, 2.75) is 19.9 Å². The normalized spacial score (nSPS) is 12.4. The minimum atomic E-state index is -0.156. The Hall–Kier alpha value is -1.33. The number of halogens is 1. The van der Waals surface area contributed by atoms with Crippen LogP contribution in [0.4, 0.5) is 5.82 Å². The minimum absolute atomic E-state index is 0.0706. The van der Waals surface area contributed by atoms with Crippen LogP contribution in [0.15, 0.2) is 23.0 Å². The summed E-state index contributed by atoms with van der Waals surface area (Å²) < 4.78 is 0.753. The molecule has 4 nitrogen and oxygen atoms in total. The molecule has 0 saturated heterocycles. The quantitative estimate of drug-likeness (QED) is 0.901. The molecular weight excluding hydrogens is 258 g/mol. The van der Waals surface area contributed by atoms with Gasteiger partial charge in [0.2, 0.25) is 0 Å². The average molecular weight is 270 g/mol. The Bertz CT molecular complexity index is 578. The van der Waals surface area contributed by atoms with Crippen molar-refractivity contribution in [3.63, 3.8) is 0 Å². The Morgan fingerprint density at radius 1 is 1.53 bits per heavy atom. The molecular formula is C11H12ClN3OS. The van der Waals surface area contributed by atoms with Crippen LogP contribution in [0.1, 0.15) is 23.7 Å². The van der Waals surface area contributed by atoms with Crippen molar-refractivity contribution in [1.82, 2.24) is 9.97 Å². The third kappa shape index (κ3) is 3.08. The van der Waals surface area contributed by atoms with Gasteiger partial charge < -0.3 is 10.3 Å². The van der Waals surface area contributed by atoms with E-state index in [9.17, 15) is 4.79 Å². The minimum Gasteiger partial charge on any atom is -0.363 e. The van der Waals surface area contributed by atoms with E-state index in [0.29, 0.717) is 11.6 Å². The summed E-state index contributed by atoms with van der Waals surface area (Å²) in [6.45, 7) is 3.75. The van der Waals surface area contributed by atoms with Crippen LogP contribution >= 0.6 is 22.9 Å². The number of anilines is 1. The molecule has 2 aromatic heterocycles. The smallest absolute Gasteiger partial charge is 0.252 e. The number of hydrogen-bond acceptors (Lipinski definition) is 4. The van der Waals surface area contributed by atoms with Gasteiger partial charge in [-0.1, -0.05) is 11.6 Å². The first-order chi connectivity index (χ1) is 8.04. The van der Waals surface area contributed by atoms with Crippen molar-refractivity contribution in [3.8, 4) is 0 Å². The van der Waals surface area contributed by atoms with Crippen molar-refractivity contribution >= 4 is 28.8 Å². The van der Waals surface area contributed by atoms with Crippen LogP contribution in [-0.2, 0) is 0 Å². The number of aromatic amines is 1. The van der Waals surface area contributed by atoms with Crippen LogP contribution in [0.3, 0.4) is 0 Å². The second-order valence-corrected chi connectivity index (χ2v) is 5.47. The van der Waals surface area contributed by atoms with Crippen molar-refractivity contribution < 1.29 is 0 Å². The molecule has 0 bridgehead atoms. The summed E-state index contributed by atoms with van der Waals surface area (Å²) in [5.74, 6) is 1.17. The molecule has 2 aromatic rings. The third-order valence-electron chi connectivity index (χ3n) is 2.25. The number of aryl methyl sites for hydroxylation is 1. The average Bonchev–Trinajstić information content (AvgIpc) is 2.63. The first-order valence-corrected chi connectivity index (χ1v) is 6.34. The molecule has 0 aromatic carbocycles. The second-order valence-electron chi connectivity index (χ2n) is 3.72. The maximum absolute atomic E-state index is 11.3. The first kappa shape index (κ1) is 12.1. The molecule has 1 atom stereocenters. The number of rotatable bonds is 3. The maximum Gasteiger partial charge on any atom is 0.252 e. The summed E-state index contributed by atoms with van der Waals surface area (Å²) in [4.78, 5) is 19.2. The standard InChI is InChI=1S/C11H12ClN3OS/c1-6(8-3-4-9(12)17-8)13-10-5-11(16)15-7(2)14-10/h3-6H,1-2H3,(H2,13,14,15,16). The largest absolute Gasteiger partial charge is 0.363 e. The highest BCUT2D eigenvalue weighted by molar-refractivity contribution is 7.16. The van der Waals surface area contributed by atoms with Crippen LogP contribution in [-0.4, -0.2) is 9.97 Å². The highest BCUT2D eigenvalue weighted by Crippen LogP contribution is 2.28. The highest BCUT2D eigenvalue weighted by Gasteiger charge is 2.09. The van der Waals surface area contributed by atoms with E-state index in [1.165, 1.54) is 17.4 Å².